The Bertz CT molecular complexity index is 530. The molecule has 2 rings (SSSR count). The van der Waals surface area contributed by atoms with E-state index in [0.717, 1.165) is 13.0 Å². The normalized spacial score (nSPS) is 16.2. The highest BCUT2D eigenvalue weighted by Crippen LogP contribution is 2.18. The van der Waals surface area contributed by atoms with Gasteiger partial charge >= 0.3 is 0 Å². The van der Waals surface area contributed by atoms with Crippen LogP contribution < -0.4 is 11.1 Å². The predicted octanol–water partition coefficient (Wildman–Crippen LogP) is 0.715. The van der Waals surface area contributed by atoms with Gasteiger partial charge in [-0.15, -0.1) is 0 Å². The van der Waals surface area contributed by atoms with E-state index in [1.807, 2.05) is 6.92 Å². The van der Waals surface area contributed by atoms with Crippen LogP contribution in [0.15, 0.2) is 18.2 Å². The highest BCUT2D eigenvalue weighted by Gasteiger charge is 2.23. The summed E-state index contributed by atoms with van der Waals surface area (Å²) in [6.07, 6.45) is 1.46. The number of likely N-dealkylation sites (tertiary alicyclic amines) is 1. The quantitative estimate of drug-likeness (QED) is 0.558. The number of phenolic OH excluding ortho intramolecular Hbond substituents is 1. The lowest BCUT2D eigenvalue weighted by atomic mass is 10.1. The molecule has 108 valence electrons. The number of hydrogen-bond acceptors (Lipinski definition) is 4. The highest BCUT2D eigenvalue weighted by molar-refractivity contribution is 5.99. The topological polar surface area (TPSA) is 95.7 Å². The zero-order valence-electron chi connectivity index (χ0n) is 11.4. The van der Waals surface area contributed by atoms with Gasteiger partial charge in [-0.25, -0.2) is 0 Å². The molecule has 1 unspecified atom stereocenters. The third-order valence-electron chi connectivity index (χ3n) is 3.32. The Balaban J connectivity index is 1.96. The molecule has 6 heteroatoms. The molecule has 2 amide bonds. The van der Waals surface area contributed by atoms with Crippen molar-refractivity contribution in [1.82, 2.24) is 10.2 Å². The molecule has 20 heavy (non-hydrogen) atoms. The molecule has 0 saturated carbocycles. The van der Waals surface area contributed by atoms with E-state index in [-0.39, 0.29) is 29.2 Å². The van der Waals surface area contributed by atoms with Crippen molar-refractivity contribution in [1.29, 1.82) is 0 Å². The summed E-state index contributed by atoms with van der Waals surface area (Å²) in [6, 6.07) is 4.07. The van der Waals surface area contributed by atoms with Gasteiger partial charge in [0.25, 0.3) is 5.91 Å². The smallest absolute Gasteiger partial charge is 0.253 e. The fourth-order valence-electron chi connectivity index (χ4n) is 2.32. The van der Waals surface area contributed by atoms with E-state index < -0.39 is 0 Å². The Morgan fingerprint density at radius 1 is 1.55 bits per heavy atom. The minimum absolute atomic E-state index is 0.00766. The standard InChI is InChI=1S/C14H19N3O3/c1-9(8-17-6-2-3-13(17)19)16-14(20)11-7-10(18)4-5-12(11)15/h4-5,7,9,18H,2-3,6,8,15H2,1H3,(H,16,20). The summed E-state index contributed by atoms with van der Waals surface area (Å²) in [6.45, 7) is 3.07. The SMILES string of the molecule is CC(CN1CCCC1=O)NC(=O)c1cc(O)ccc1N. The molecule has 1 aliphatic heterocycles. The van der Waals surface area contributed by atoms with Crippen LogP contribution in [0.5, 0.6) is 5.75 Å². The third kappa shape index (κ3) is 3.20. The van der Waals surface area contributed by atoms with E-state index in [1.165, 1.54) is 18.2 Å². The second-order valence-corrected chi connectivity index (χ2v) is 5.09. The number of carbonyl (C=O) groups is 2. The van der Waals surface area contributed by atoms with E-state index in [0.29, 0.717) is 18.7 Å². The lowest BCUT2D eigenvalue weighted by molar-refractivity contribution is -0.127. The number of nitrogens with zero attached hydrogens (tertiary/aromatic N) is 1. The molecule has 0 spiro atoms. The zero-order chi connectivity index (χ0) is 14.7. The largest absolute Gasteiger partial charge is 0.508 e. The molecule has 1 fully saturated rings. The third-order valence-corrected chi connectivity index (χ3v) is 3.32. The average molecular weight is 277 g/mol. The van der Waals surface area contributed by atoms with Crippen LogP contribution in [0.3, 0.4) is 0 Å². The number of carbonyl (C=O) groups excluding carboxylic acids is 2. The van der Waals surface area contributed by atoms with E-state index in [1.54, 1.807) is 4.90 Å². The average Bonchev–Trinajstić information content (AvgIpc) is 2.77. The summed E-state index contributed by atoms with van der Waals surface area (Å²) >= 11 is 0. The Morgan fingerprint density at radius 3 is 2.95 bits per heavy atom. The Kier molecular flexibility index (Phi) is 4.12. The maximum Gasteiger partial charge on any atom is 0.253 e. The monoisotopic (exact) mass is 277 g/mol. The van der Waals surface area contributed by atoms with Gasteiger partial charge in [-0.1, -0.05) is 0 Å². The van der Waals surface area contributed by atoms with Gasteiger partial charge in [0.15, 0.2) is 0 Å². The first-order chi connectivity index (χ1) is 9.47. The number of rotatable bonds is 4. The highest BCUT2D eigenvalue weighted by atomic mass is 16.3. The predicted molar refractivity (Wildman–Crippen MR) is 75.3 cm³/mol. The number of aromatic hydroxyl groups is 1. The molecule has 1 aliphatic rings. The van der Waals surface area contributed by atoms with E-state index in [9.17, 15) is 14.7 Å². The van der Waals surface area contributed by atoms with Crippen LogP contribution in [0.25, 0.3) is 0 Å². The number of nitrogen functional groups attached to an aromatic ring is 1. The van der Waals surface area contributed by atoms with E-state index in [2.05, 4.69) is 5.32 Å². The van der Waals surface area contributed by atoms with Crippen molar-refractivity contribution < 1.29 is 14.7 Å². The zero-order valence-corrected chi connectivity index (χ0v) is 11.4. The van der Waals surface area contributed by atoms with Crippen molar-refractivity contribution >= 4 is 17.5 Å². The minimum atomic E-state index is -0.349. The first-order valence-electron chi connectivity index (χ1n) is 6.64. The summed E-state index contributed by atoms with van der Waals surface area (Å²) in [7, 11) is 0. The van der Waals surface area contributed by atoms with Gasteiger partial charge < -0.3 is 21.1 Å². The van der Waals surface area contributed by atoms with Gasteiger partial charge in [-0.05, 0) is 31.5 Å². The van der Waals surface area contributed by atoms with E-state index in [4.69, 9.17) is 5.73 Å². The molecule has 4 N–H and O–H groups in total. The molecular weight excluding hydrogens is 258 g/mol. The van der Waals surface area contributed by atoms with Crippen molar-refractivity contribution in [3.8, 4) is 5.75 Å². The molecule has 1 heterocycles. The number of nitrogens with one attached hydrogen (secondary N) is 1. The summed E-state index contributed by atoms with van der Waals surface area (Å²) in [4.78, 5) is 25.3. The molecule has 1 aromatic carbocycles. The van der Waals surface area contributed by atoms with Gasteiger partial charge in [0.2, 0.25) is 5.91 Å². The first kappa shape index (κ1) is 14.2. The second-order valence-electron chi connectivity index (χ2n) is 5.09. The molecule has 0 aliphatic carbocycles. The van der Waals surface area contributed by atoms with Crippen LogP contribution in [0.4, 0.5) is 5.69 Å². The van der Waals surface area contributed by atoms with Crippen LogP contribution in [0.1, 0.15) is 30.1 Å². The Labute approximate surface area is 117 Å². The molecule has 1 aromatic rings. The van der Waals surface area contributed by atoms with Crippen molar-refractivity contribution in [2.45, 2.75) is 25.8 Å². The summed E-state index contributed by atoms with van der Waals surface area (Å²) in [5.41, 5.74) is 6.27. The summed E-state index contributed by atoms with van der Waals surface area (Å²) < 4.78 is 0. The van der Waals surface area contributed by atoms with Gasteiger partial charge in [-0.2, -0.15) is 0 Å². The minimum Gasteiger partial charge on any atom is -0.508 e. The van der Waals surface area contributed by atoms with Crippen LogP contribution in [-0.2, 0) is 4.79 Å². The number of benzene rings is 1. The maximum atomic E-state index is 12.1. The fraction of sp³-hybridized carbons (Fsp3) is 0.429. The number of anilines is 1. The van der Waals surface area contributed by atoms with Crippen molar-refractivity contribution in [2.75, 3.05) is 18.8 Å². The van der Waals surface area contributed by atoms with Gasteiger partial charge in [0.05, 0.1) is 5.56 Å². The number of hydrogen-bond donors (Lipinski definition) is 3. The molecule has 0 aromatic heterocycles. The molecule has 0 radical (unpaired) electrons. The van der Waals surface area contributed by atoms with E-state index >= 15 is 0 Å². The van der Waals surface area contributed by atoms with Gasteiger partial charge in [0, 0.05) is 31.2 Å². The summed E-state index contributed by atoms with van der Waals surface area (Å²) in [5.74, 6) is -0.229. The lowest BCUT2D eigenvalue weighted by Crippen LogP contribution is -2.42. The van der Waals surface area contributed by atoms with Crippen LogP contribution in [0, 0.1) is 0 Å². The number of phenols is 1. The molecule has 0 bridgehead atoms. The van der Waals surface area contributed by atoms with Crippen LogP contribution in [0.2, 0.25) is 0 Å². The van der Waals surface area contributed by atoms with Gasteiger partial charge in [0.1, 0.15) is 5.75 Å². The maximum absolute atomic E-state index is 12.1. The fourth-order valence-corrected chi connectivity index (χ4v) is 2.32. The Morgan fingerprint density at radius 2 is 2.30 bits per heavy atom. The lowest BCUT2D eigenvalue weighted by Gasteiger charge is -2.22. The van der Waals surface area contributed by atoms with Crippen LogP contribution >= 0.6 is 0 Å². The Hall–Kier alpha value is -2.24. The summed E-state index contributed by atoms with van der Waals surface area (Å²) in [5, 5.41) is 12.2. The molecule has 1 atom stereocenters. The number of nitrogens with two attached hydrogens (primary N) is 1. The van der Waals surface area contributed by atoms with Crippen molar-refractivity contribution in [2.24, 2.45) is 0 Å². The molecule has 1 saturated heterocycles. The van der Waals surface area contributed by atoms with Crippen molar-refractivity contribution in [3.63, 3.8) is 0 Å². The van der Waals surface area contributed by atoms with Crippen molar-refractivity contribution in [3.05, 3.63) is 23.8 Å². The number of amides is 2. The second kappa shape index (κ2) is 5.81. The van der Waals surface area contributed by atoms with Crippen LogP contribution in [-0.4, -0.2) is 41.0 Å². The first-order valence-corrected chi connectivity index (χ1v) is 6.64. The molecular formula is C14H19N3O3. The molecule has 6 nitrogen and oxygen atoms in total. The van der Waals surface area contributed by atoms with Gasteiger partial charge in [-0.3, -0.25) is 9.59 Å².